The van der Waals surface area contributed by atoms with Gasteiger partial charge in [-0.25, -0.2) is 9.98 Å². The van der Waals surface area contributed by atoms with Crippen molar-refractivity contribution in [3.05, 3.63) is 12.3 Å². The van der Waals surface area contributed by atoms with Crippen LogP contribution in [0.5, 0.6) is 0 Å². The van der Waals surface area contributed by atoms with E-state index in [1.54, 1.807) is 12.3 Å². The van der Waals surface area contributed by atoms with Crippen molar-refractivity contribution in [2.45, 2.75) is 6.92 Å². The van der Waals surface area contributed by atoms with Crippen LogP contribution in [0.25, 0.3) is 0 Å². The molecule has 50 valence electrons. The number of hydrogen-bond acceptors (Lipinski definition) is 1. The van der Waals surface area contributed by atoms with Crippen LogP contribution in [0.3, 0.4) is 0 Å². The first kappa shape index (κ1) is 8.37. The highest BCUT2D eigenvalue weighted by molar-refractivity contribution is 6.28. The standard InChI is InChI=1S/C6H9ClN2/c1-3-4-9-6(5-7)8-2/h3-4H,2,5H2,1H3/b4-3-,9-6?. The summed E-state index contributed by atoms with van der Waals surface area (Å²) >= 11 is 5.40. The lowest BCUT2D eigenvalue weighted by molar-refractivity contribution is 1.45. The Balaban J connectivity index is 3.90. The molecule has 0 radical (unpaired) electrons. The molecule has 3 heteroatoms. The van der Waals surface area contributed by atoms with Gasteiger partial charge in [-0.3, -0.25) is 0 Å². The average Bonchev–Trinajstić information content (AvgIpc) is 1.91. The van der Waals surface area contributed by atoms with E-state index >= 15 is 0 Å². The van der Waals surface area contributed by atoms with Gasteiger partial charge in [-0.2, -0.15) is 0 Å². The molecule has 0 aromatic rings. The summed E-state index contributed by atoms with van der Waals surface area (Å²) in [5.74, 6) is 0.864. The third kappa shape index (κ3) is 3.91. The monoisotopic (exact) mass is 144 g/mol. The van der Waals surface area contributed by atoms with Crippen molar-refractivity contribution in [3.63, 3.8) is 0 Å². The van der Waals surface area contributed by atoms with Crippen molar-refractivity contribution in [1.29, 1.82) is 0 Å². The predicted molar refractivity (Wildman–Crippen MR) is 42.5 cm³/mol. The zero-order valence-electron chi connectivity index (χ0n) is 5.34. The first-order chi connectivity index (χ1) is 4.35. The molecule has 9 heavy (non-hydrogen) atoms. The summed E-state index contributed by atoms with van der Waals surface area (Å²) in [6.45, 7) is 5.16. The van der Waals surface area contributed by atoms with Crippen LogP contribution in [0.4, 0.5) is 0 Å². The first-order valence-electron chi connectivity index (χ1n) is 2.55. The Bertz CT molecular complexity index is 138. The molecule has 0 aliphatic heterocycles. The molecule has 0 aromatic heterocycles. The molecule has 0 aliphatic rings. The molecule has 0 bridgehead atoms. The van der Waals surface area contributed by atoms with E-state index < -0.39 is 0 Å². The van der Waals surface area contributed by atoms with Gasteiger partial charge in [-0.05, 0) is 13.6 Å². The minimum atomic E-state index is 0.313. The van der Waals surface area contributed by atoms with Crippen LogP contribution in [-0.2, 0) is 0 Å². The molecule has 0 spiro atoms. The summed E-state index contributed by atoms with van der Waals surface area (Å²) < 4.78 is 0. The molecular weight excluding hydrogens is 136 g/mol. The molecule has 0 fully saturated rings. The molecule has 0 saturated carbocycles. The third-order valence-corrected chi connectivity index (χ3v) is 0.914. The summed E-state index contributed by atoms with van der Waals surface area (Å²) in [5, 5.41) is 0. The lowest BCUT2D eigenvalue weighted by Crippen LogP contribution is -1.91. The van der Waals surface area contributed by atoms with Gasteiger partial charge >= 0.3 is 0 Å². The van der Waals surface area contributed by atoms with Crippen molar-refractivity contribution in [2.75, 3.05) is 5.88 Å². The number of halogens is 1. The minimum Gasteiger partial charge on any atom is -0.248 e. The van der Waals surface area contributed by atoms with Crippen molar-refractivity contribution in [3.8, 4) is 0 Å². The zero-order valence-corrected chi connectivity index (χ0v) is 6.10. The highest BCUT2D eigenvalue weighted by Gasteiger charge is 1.85. The summed E-state index contributed by atoms with van der Waals surface area (Å²) in [6.07, 6.45) is 3.43. The summed E-state index contributed by atoms with van der Waals surface area (Å²) in [6, 6.07) is 0. The van der Waals surface area contributed by atoms with Gasteiger partial charge in [-0.15, -0.1) is 11.6 Å². The van der Waals surface area contributed by atoms with E-state index in [0.717, 1.165) is 0 Å². The number of aliphatic imine (C=N–C) groups is 2. The number of hydrogen-bond donors (Lipinski definition) is 0. The summed E-state index contributed by atoms with van der Waals surface area (Å²) in [4.78, 5) is 7.42. The summed E-state index contributed by atoms with van der Waals surface area (Å²) in [7, 11) is 0. The molecule has 0 atom stereocenters. The maximum Gasteiger partial charge on any atom is 0.142 e. The zero-order chi connectivity index (χ0) is 7.11. The van der Waals surface area contributed by atoms with Gasteiger partial charge in [0, 0.05) is 6.20 Å². The van der Waals surface area contributed by atoms with E-state index in [1.807, 2.05) is 6.92 Å². The first-order valence-corrected chi connectivity index (χ1v) is 3.09. The SMILES string of the molecule is C=NC(CCl)=N/C=C\C. The van der Waals surface area contributed by atoms with Crippen molar-refractivity contribution in [1.82, 2.24) is 0 Å². The highest BCUT2D eigenvalue weighted by Crippen LogP contribution is 1.85. The van der Waals surface area contributed by atoms with Gasteiger partial charge in [0.05, 0.1) is 5.88 Å². The summed E-state index contributed by atoms with van der Waals surface area (Å²) in [5.41, 5.74) is 0. The fraction of sp³-hybridized carbons (Fsp3) is 0.333. The molecular formula is C6H9ClN2. The second-order valence-corrected chi connectivity index (χ2v) is 1.59. The quantitative estimate of drug-likeness (QED) is 0.321. The van der Waals surface area contributed by atoms with Crippen LogP contribution in [-0.4, -0.2) is 18.4 Å². The molecule has 0 aliphatic carbocycles. The molecule has 0 unspecified atom stereocenters. The van der Waals surface area contributed by atoms with Gasteiger partial charge < -0.3 is 0 Å². The molecule has 0 heterocycles. The maximum atomic E-state index is 5.40. The Kier molecular flexibility index (Phi) is 5.12. The normalized spacial score (nSPS) is 12.4. The van der Waals surface area contributed by atoms with E-state index in [9.17, 15) is 0 Å². The Morgan fingerprint density at radius 2 is 2.44 bits per heavy atom. The third-order valence-electron chi connectivity index (χ3n) is 0.675. The maximum absolute atomic E-state index is 5.40. The van der Waals surface area contributed by atoms with E-state index in [0.29, 0.717) is 11.7 Å². The van der Waals surface area contributed by atoms with Crippen LogP contribution in [0.1, 0.15) is 6.92 Å². The molecule has 0 saturated heterocycles. The molecule has 0 aromatic carbocycles. The number of allylic oxidation sites excluding steroid dienone is 1. The van der Waals surface area contributed by atoms with E-state index in [1.165, 1.54) is 0 Å². The average molecular weight is 145 g/mol. The van der Waals surface area contributed by atoms with Crippen LogP contribution < -0.4 is 0 Å². The van der Waals surface area contributed by atoms with E-state index in [2.05, 4.69) is 16.7 Å². The second kappa shape index (κ2) is 5.51. The van der Waals surface area contributed by atoms with Gasteiger partial charge in [0.15, 0.2) is 0 Å². The van der Waals surface area contributed by atoms with Gasteiger partial charge in [-0.1, -0.05) is 6.08 Å². The van der Waals surface area contributed by atoms with Crippen LogP contribution in [0.15, 0.2) is 22.3 Å². The lowest BCUT2D eigenvalue weighted by Gasteiger charge is -1.86. The van der Waals surface area contributed by atoms with Crippen molar-refractivity contribution in [2.24, 2.45) is 9.98 Å². The Morgan fingerprint density at radius 1 is 1.78 bits per heavy atom. The molecule has 0 amide bonds. The number of nitrogens with zero attached hydrogens (tertiary/aromatic N) is 2. The molecule has 0 rings (SSSR count). The van der Waals surface area contributed by atoms with E-state index in [4.69, 9.17) is 11.6 Å². The highest BCUT2D eigenvalue weighted by atomic mass is 35.5. The second-order valence-electron chi connectivity index (χ2n) is 1.32. The Morgan fingerprint density at radius 3 is 2.78 bits per heavy atom. The van der Waals surface area contributed by atoms with Gasteiger partial charge in [0.1, 0.15) is 5.84 Å². The fourth-order valence-corrected chi connectivity index (χ4v) is 0.432. The number of rotatable bonds is 2. The van der Waals surface area contributed by atoms with Crippen molar-refractivity contribution < 1.29 is 0 Å². The lowest BCUT2D eigenvalue weighted by atomic mass is 10.6. The smallest absolute Gasteiger partial charge is 0.142 e. The van der Waals surface area contributed by atoms with Gasteiger partial charge in [0.2, 0.25) is 0 Å². The fourth-order valence-electron chi connectivity index (χ4n) is 0.278. The van der Waals surface area contributed by atoms with Crippen LogP contribution >= 0.6 is 11.6 Å². The molecule has 2 nitrogen and oxygen atoms in total. The molecule has 0 N–H and O–H groups in total. The minimum absolute atomic E-state index is 0.313. The number of amidine groups is 1. The van der Waals surface area contributed by atoms with Crippen LogP contribution in [0, 0.1) is 0 Å². The Labute approximate surface area is 60.0 Å². The van der Waals surface area contributed by atoms with Gasteiger partial charge in [0.25, 0.3) is 0 Å². The topological polar surface area (TPSA) is 24.7 Å². The van der Waals surface area contributed by atoms with Crippen LogP contribution in [0.2, 0.25) is 0 Å². The van der Waals surface area contributed by atoms with Crippen molar-refractivity contribution >= 4 is 24.2 Å². The van der Waals surface area contributed by atoms with E-state index in [-0.39, 0.29) is 0 Å². The Hall–Kier alpha value is -0.630. The number of alkyl halides is 1. The largest absolute Gasteiger partial charge is 0.248 e. The predicted octanol–water partition coefficient (Wildman–Crippen LogP) is 1.86.